The molecule has 2 aliphatic rings. The zero-order valence-corrected chi connectivity index (χ0v) is 13.9. The molecule has 0 aromatic carbocycles. The van der Waals surface area contributed by atoms with E-state index in [1.165, 1.54) is 0 Å². The highest BCUT2D eigenvalue weighted by molar-refractivity contribution is 5.79. The molecular weight excluding hydrogens is 304 g/mol. The average Bonchev–Trinajstić information content (AvgIpc) is 3.02. The highest BCUT2D eigenvalue weighted by Crippen LogP contribution is 2.24. The summed E-state index contributed by atoms with van der Waals surface area (Å²) in [5.74, 6) is 3.06. The second-order valence-corrected chi connectivity index (χ2v) is 6.55. The molecule has 0 radical (unpaired) electrons. The third kappa shape index (κ3) is 2.74. The summed E-state index contributed by atoms with van der Waals surface area (Å²) in [7, 11) is 0. The quantitative estimate of drug-likeness (QED) is 0.831. The van der Waals surface area contributed by atoms with Gasteiger partial charge in [0.2, 0.25) is 5.91 Å². The Balaban J connectivity index is 1.45. The predicted molar refractivity (Wildman–Crippen MR) is 89.4 cm³/mol. The Morgan fingerprint density at radius 1 is 1.21 bits per heavy atom. The molecule has 24 heavy (non-hydrogen) atoms. The Hall–Kier alpha value is -2.44. The number of anilines is 1. The zero-order chi connectivity index (χ0) is 16.5. The fraction of sp³-hybridized carbons (Fsp3) is 0.529. The second kappa shape index (κ2) is 6.22. The molecular formula is C17H22N6O. The largest absolute Gasteiger partial charge is 0.356 e. The van der Waals surface area contributed by atoms with Gasteiger partial charge in [-0.15, -0.1) is 10.2 Å². The van der Waals surface area contributed by atoms with E-state index in [1.54, 1.807) is 6.20 Å². The molecule has 2 aromatic heterocycles. The molecule has 7 heteroatoms. The predicted octanol–water partition coefficient (Wildman–Crippen LogP) is 1.24. The van der Waals surface area contributed by atoms with Crippen molar-refractivity contribution in [1.82, 2.24) is 24.6 Å². The molecule has 0 N–H and O–H groups in total. The van der Waals surface area contributed by atoms with E-state index in [2.05, 4.69) is 24.6 Å². The first-order valence-electron chi connectivity index (χ1n) is 8.56. The SMILES string of the molecule is Cc1nnc2n1CCN(C(=O)C1CCCN(c3ccccn3)C1)C2. The first-order valence-corrected chi connectivity index (χ1v) is 8.56. The van der Waals surface area contributed by atoms with Crippen LogP contribution < -0.4 is 4.90 Å². The molecule has 0 spiro atoms. The molecule has 0 saturated carbocycles. The minimum absolute atomic E-state index is 0.0383. The molecule has 1 amide bonds. The Labute approximate surface area is 141 Å². The fourth-order valence-corrected chi connectivity index (χ4v) is 3.68. The number of pyridine rings is 1. The van der Waals surface area contributed by atoms with Gasteiger partial charge in [0.05, 0.1) is 12.5 Å². The van der Waals surface area contributed by atoms with Gasteiger partial charge in [0.25, 0.3) is 0 Å². The lowest BCUT2D eigenvalue weighted by atomic mass is 9.96. The van der Waals surface area contributed by atoms with Crippen LogP contribution in [0.2, 0.25) is 0 Å². The molecule has 0 aliphatic carbocycles. The molecule has 0 bridgehead atoms. The van der Waals surface area contributed by atoms with Crippen molar-refractivity contribution in [3.8, 4) is 0 Å². The molecule has 7 nitrogen and oxygen atoms in total. The van der Waals surface area contributed by atoms with Gasteiger partial charge in [0, 0.05) is 32.4 Å². The van der Waals surface area contributed by atoms with Gasteiger partial charge in [-0.2, -0.15) is 0 Å². The number of aromatic nitrogens is 4. The number of rotatable bonds is 2. The van der Waals surface area contributed by atoms with Gasteiger partial charge in [0.1, 0.15) is 11.6 Å². The van der Waals surface area contributed by atoms with Crippen LogP contribution >= 0.6 is 0 Å². The van der Waals surface area contributed by atoms with Crippen LogP contribution in [0.3, 0.4) is 0 Å². The number of hydrogen-bond donors (Lipinski definition) is 0. The Bertz CT molecular complexity index is 728. The van der Waals surface area contributed by atoms with E-state index in [-0.39, 0.29) is 11.8 Å². The lowest BCUT2D eigenvalue weighted by Gasteiger charge is -2.36. The van der Waals surface area contributed by atoms with Gasteiger partial charge >= 0.3 is 0 Å². The summed E-state index contributed by atoms with van der Waals surface area (Å²) in [6.07, 6.45) is 3.78. The van der Waals surface area contributed by atoms with Crippen molar-refractivity contribution in [1.29, 1.82) is 0 Å². The Kier molecular flexibility index (Phi) is 3.92. The molecule has 2 aromatic rings. The molecule has 1 atom stereocenters. The average molecular weight is 326 g/mol. The van der Waals surface area contributed by atoms with Gasteiger partial charge in [-0.25, -0.2) is 4.98 Å². The maximum atomic E-state index is 13.0. The normalized spacial score (nSPS) is 20.8. The lowest BCUT2D eigenvalue weighted by molar-refractivity contribution is -0.137. The monoisotopic (exact) mass is 326 g/mol. The molecule has 4 rings (SSSR count). The maximum Gasteiger partial charge on any atom is 0.227 e. The van der Waals surface area contributed by atoms with E-state index in [0.717, 1.165) is 56.5 Å². The van der Waals surface area contributed by atoms with Crippen LogP contribution in [0.5, 0.6) is 0 Å². The second-order valence-electron chi connectivity index (χ2n) is 6.55. The van der Waals surface area contributed by atoms with Crippen LogP contribution in [-0.4, -0.2) is 50.2 Å². The maximum absolute atomic E-state index is 13.0. The Morgan fingerprint density at radius 2 is 2.12 bits per heavy atom. The Morgan fingerprint density at radius 3 is 2.96 bits per heavy atom. The van der Waals surface area contributed by atoms with E-state index in [9.17, 15) is 4.79 Å². The fourth-order valence-electron chi connectivity index (χ4n) is 3.68. The van der Waals surface area contributed by atoms with Gasteiger partial charge < -0.3 is 14.4 Å². The molecule has 1 saturated heterocycles. The summed E-state index contributed by atoms with van der Waals surface area (Å²) in [6, 6.07) is 5.93. The third-order valence-electron chi connectivity index (χ3n) is 4.99. The van der Waals surface area contributed by atoms with Crippen LogP contribution in [-0.2, 0) is 17.9 Å². The third-order valence-corrected chi connectivity index (χ3v) is 4.99. The van der Waals surface area contributed by atoms with E-state index in [1.807, 2.05) is 30.0 Å². The van der Waals surface area contributed by atoms with Crippen molar-refractivity contribution < 1.29 is 4.79 Å². The molecule has 1 fully saturated rings. The van der Waals surface area contributed by atoms with Crippen LogP contribution in [0.1, 0.15) is 24.5 Å². The number of carbonyl (C=O) groups excluding carboxylic acids is 1. The summed E-state index contributed by atoms with van der Waals surface area (Å²) in [5, 5.41) is 8.31. The van der Waals surface area contributed by atoms with E-state index in [0.29, 0.717) is 6.54 Å². The highest BCUT2D eigenvalue weighted by atomic mass is 16.2. The summed E-state index contributed by atoms with van der Waals surface area (Å²) in [5.41, 5.74) is 0. The standard InChI is InChI=1S/C17H22N6O/c1-13-19-20-16-12-22(9-10-23(13)16)17(24)14-5-4-8-21(11-14)15-6-2-3-7-18-15/h2-3,6-7,14H,4-5,8-12H2,1H3. The molecule has 126 valence electrons. The molecule has 4 heterocycles. The minimum Gasteiger partial charge on any atom is -0.356 e. The smallest absolute Gasteiger partial charge is 0.227 e. The number of fused-ring (bicyclic) bond motifs is 1. The first kappa shape index (κ1) is 15.1. The highest BCUT2D eigenvalue weighted by Gasteiger charge is 2.32. The summed E-state index contributed by atoms with van der Waals surface area (Å²) in [4.78, 5) is 21.6. The van der Waals surface area contributed by atoms with E-state index >= 15 is 0 Å². The van der Waals surface area contributed by atoms with Crippen molar-refractivity contribution in [2.24, 2.45) is 5.92 Å². The van der Waals surface area contributed by atoms with Gasteiger partial charge in [-0.1, -0.05) is 6.07 Å². The molecule has 2 aliphatic heterocycles. The summed E-state index contributed by atoms with van der Waals surface area (Å²) in [6.45, 7) is 5.77. The van der Waals surface area contributed by atoms with Crippen LogP contribution in [0.25, 0.3) is 0 Å². The van der Waals surface area contributed by atoms with Crippen molar-refractivity contribution in [3.63, 3.8) is 0 Å². The van der Waals surface area contributed by atoms with Crippen LogP contribution in [0.15, 0.2) is 24.4 Å². The molecule has 1 unspecified atom stereocenters. The van der Waals surface area contributed by atoms with Gasteiger partial charge in [-0.3, -0.25) is 4.79 Å². The van der Waals surface area contributed by atoms with Crippen molar-refractivity contribution in [2.45, 2.75) is 32.9 Å². The van der Waals surface area contributed by atoms with E-state index < -0.39 is 0 Å². The van der Waals surface area contributed by atoms with Crippen molar-refractivity contribution in [3.05, 3.63) is 36.0 Å². The first-order chi connectivity index (χ1) is 11.7. The number of aryl methyl sites for hydroxylation is 1. The lowest BCUT2D eigenvalue weighted by Crippen LogP contribution is -2.47. The topological polar surface area (TPSA) is 67.2 Å². The number of amides is 1. The number of nitrogens with zero attached hydrogens (tertiary/aromatic N) is 6. The van der Waals surface area contributed by atoms with Gasteiger partial charge in [-0.05, 0) is 31.9 Å². The number of piperidine rings is 1. The van der Waals surface area contributed by atoms with E-state index in [4.69, 9.17) is 0 Å². The minimum atomic E-state index is 0.0383. The number of carbonyl (C=O) groups is 1. The summed E-state index contributed by atoms with van der Waals surface area (Å²) >= 11 is 0. The zero-order valence-electron chi connectivity index (χ0n) is 13.9. The summed E-state index contributed by atoms with van der Waals surface area (Å²) < 4.78 is 2.10. The van der Waals surface area contributed by atoms with Gasteiger partial charge in [0.15, 0.2) is 5.82 Å². The van der Waals surface area contributed by atoms with Crippen LogP contribution in [0, 0.1) is 12.8 Å². The van der Waals surface area contributed by atoms with Crippen LogP contribution in [0.4, 0.5) is 5.82 Å². The van der Waals surface area contributed by atoms with Crippen molar-refractivity contribution >= 4 is 11.7 Å². The number of hydrogen-bond acceptors (Lipinski definition) is 5. The van der Waals surface area contributed by atoms with Crippen molar-refractivity contribution in [2.75, 3.05) is 24.5 Å².